The van der Waals surface area contributed by atoms with Gasteiger partial charge in [-0.1, -0.05) is 0 Å². The van der Waals surface area contributed by atoms with Crippen LogP contribution in [-0.2, 0) is 20.5 Å². The number of rotatable bonds is 6. The lowest BCUT2D eigenvalue weighted by Crippen LogP contribution is -2.34. The summed E-state index contributed by atoms with van der Waals surface area (Å²) < 4.78 is 3.11. The van der Waals surface area contributed by atoms with Crippen molar-refractivity contribution in [3.63, 3.8) is 0 Å². The zero-order valence-electron chi connectivity index (χ0n) is 14.7. The zero-order valence-corrected chi connectivity index (χ0v) is 15.5. The molecule has 2 amide bonds. The second-order valence-corrected chi connectivity index (χ2v) is 7.10. The Bertz CT molecular complexity index is 959. The summed E-state index contributed by atoms with van der Waals surface area (Å²) >= 11 is 1.62. The average molecular weight is 374 g/mol. The Balaban J connectivity index is 1.61. The van der Waals surface area contributed by atoms with E-state index in [0.29, 0.717) is 12.2 Å². The average Bonchev–Trinajstić information content (AvgIpc) is 3.22. The molecular formula is C18H22N4O3S. The minimum absolute atomic E-state index is 0.00815. The predicted octanol–water partition coefficient (Wildman–Crippen LogP) is 1.91. The second-order valence-electron chi connectivity index (χ2n) is 6.32. The van der Waals surface area contributed by atoms with E-state index in [1.54, 1.807) is 52.8 Å². The third-order valence-electron chi connectivity index (χ3n) is 4.44. The molecule has 26 heavy (non-hydrogen) atoms. The molecule has 7 nitrogen and oxygen atoms in total. The lowest BCUT2D eigenvalue weighted by atomic mass is 10.0. The molecule has 8 heteroatoms. The first-order chi connectivity index (χ1) is 12.5. The number of anilines is 1. The highest BCUT2D eigenvalue weighted by Gasteiger charge is 2.12. The largest absolute Gasteiger partial charge is 0.396 e. The van der Waals surface area contributed by atoms with Gasteiger partial charge in [0.15, 0.2) is 0 Å². The molecule has 0 radical (unpaired) electrons. The van der Waals surface area contributed by atoms with Gasteiger partial charge in [-0.25, -0.2) is 9.59 Å². The molecule has 0 saturated heterocycles. The van der Waals surface area contributed by atoms with Gasteiger partial charge in [0.25, 0.3) is 0 Å². The number of carbonyl (C=O) groups excluding carboxylic acids is 1. The van der Waals surface area contributed by atoms with E-state index in [9.17, 15) is 14.7 Å². The third kappa shape index (κ3) is 3.81. The smallest absolute Gasteiger partial charge is 0.328 e. The number of urea groups is 1. The van der Waals surface area contributed by atoms with Crippen LogP contribution in [0, 0.1) is 5.92 Å². The molecule has 1 atom stereocenters. The number of aryl methyl sites for hydroxylation is 2. The lowest BCUT2D eigenvalue weighted by molar-refractivity contribution is 0.218. The number of hydrogen-bond donors (Lipinski definition) is 3. The van der Waals surface area contributed by atoms with Gasteiger partial charge in [0.2, 0.25) is 0 Å². The number of hydrogen-bond acceptors (Lipinski definition) is 4. The fourth-order valence-corrected chi connectivity index (χ4v) is 3.62. The number of aromatic nitrogens is 2. The van der Waals surface area contributed by atoms with Crippen LogP contribution in [-0.4, -0.2) is 33.4 Å². The van der Waals surface area contributed by atoms with Crippen molar-refractivity contribution >= 4 is 34.1 Å². The second kappa shape index (κ2) is 7.76. The molecule has 0 unspecified atom stereocenters. The summed E-state index contributed by atoms with van der Waals surface area (Å²) in [6.07, 6.45) is 0.721. The summed E-state index contributed by atoms with van der Waals surface area (Å²) in [5.74, 6) is -0.0345. The molecule has 0 bridgehead atoms. The molecule has 1 aromatic carbocycles. The molecule has 3 N–H and O–H groups in total. The fourth-order valence-electron chi connectivity index (χ4n) is 2.94. The van der Waals surface area contributed by atoms with Gasteiger partial charge in [0.1, 0.15) is 0 Å². The molecular weight excluding hydrogens is 352 g/mol. The number of benzene rings is 1. The summed E-state index contributed by atoms with van der Waals surface area (Å²) in [5.41, 5.74) is 3.21. The number of nitrogens with one attached hydrogen (secondary N) is 2. The van der Waals surface area contributed by atoms with Gasteiger partial charge >= 0.3 is 11.7 Å². The van der Waals surface area contributed by atoms with Crippen LogP contribution in [0.15, 0.2) is 39.8 Å². The maximum absolute atomic E-state index is 12.2. The first-order valence-corrected chi connectivity index (χ1v) is 9.26. The molecule has 2 aromatic heterocycles. The number of aliphatic hydroxyl groups excluding tert-OH is 1. The molecule has 0 aliphatic heterocycles. The van der Waals surface area contributed by atoms with Crippen molar-refractivity contribution in [2.75, 3.05) is 18.5 Å². The van der Waals surface area contributed by atoms with Crippen LogP contribution in [0.5, 0.6) is 0 Å². The SMILES string of the molecule is Cn1c(=O)n(C)c2cc(NC(=O)NC[C@@H](CO)Cc3ccsc3)ccc21. The summed E-state index contributed by atoms with van der Waals surface area (Å²) in [6, 6.07) is 7.02. The first kappa shape index (κ1) is 18.2. The molecule has 0 saturated carbocycles. The van der Waals surface area contributed by atoms with Crippen molar-refractivity contribution in [1.82, 2.24) is 14.5 Å². The van der Waals surface area contributed by atoms with Crippen molar-refractivity contribution in [2.45, 2.75) is 6.42 Å². The summed E-state index contributed by atoms with van der Waals surface area (Å²) in [4.78, 5) is 24.1. The van der Waals surface area contributed by atoms with Gasteiger partial charge in [-0.15, -0.1) is 0 Å². The summed E-state index contributed by atoms with van der Waals surface area (Å²) in [7, 11) is 3.41. The van der Waals surface area contributed by atoms with Crippen molar-refractivity contribution in [2.24, 2.45) is 20.0 Å². The monoisotopic (exact) mass is 374 g/mol. The highest BCUT2D eigenvalue weighted by atomic mass is 32.1. The van der Waals surface area contributed by atoms with Crippen LogP contribution >= 0.6 is 11.3 Å². The van der Waals surface area contributed by atoms with E-state index in [-0.39, 0.29) is 24.2 Å². The van der Waals surface area contributed by atoms with Crippen molar-refractivity contribution in [3.8, 4) is 0 Å². The van der Waals surface area contributed by atoms with Crippen molar-refractivity contribution in [1.29, 1.82) is 0 Å². The van der Waals surface area contributed by atoms with E-state index in [0.717, 1.165) is 23.0 Å². The lowest BCUT2D eigenvalue weighted by Gasteiger charge is -2.15. The van der Waals surface area contributed by atoms with Crippen LogP contribution in [0.4, 0.5) is 10.5 Å². The molecule has 3 aromatic rings. The van der Waals surface area contributed by atoms with Crippen molar-refractivity contribution in [3.05, 3.63) is 51.1 Å². The molecule has 138 valence electrons. The third-order valence-corrected chi connectivity index (χ3v) is 5.18. The molecule has 3 rings (SSSR count). The number of thiophene rings is 1. The highest BCUT2D eigenvalue weighted by molar-refractivity contribution is 7.07. The number of amides is 2. The molecule has 0 spiro atoms. The Morgan fingerprint density at radius 3 is 2.69 bits per heavy atom. The predicted molar refractivity (Wildman–Crippen MR) is 104 cm³/mol. The highest BCUT2D eigenvalue weighted by Crippen LogP contribution is 2.17. The number of carbonyl (C=O) groups is 1. The minimum atomic E-state index is -0.339. The minimum Gasteiger partial charge on any atom is -0.396 e. The Morgan fingerprint density at radius 1 is 1.23 bits per heavy atom. The van der Waals surface area contributed by atoms with Crippen LogP contribution in [0.3, 0.4) is 0 Å². The van der Waals surface area contributed by atoms with Crippen LogP contribution in [0.1, 0.15) is 5.56 Å². The van der Waals surface area contributed by atoms with Gasteiger partial charge in [-0.05, 0) is 47.0 Å². The standard InChI is InChI=1S/C18H22N4O3S/c1-21-15-4-3-14(8-16(15)22(2)18(21)25)20-17(24)19-9-13(10-23)7-12-5-6-26-11-12/h3-6,8,11,13,23H,7,9-10H2,1-2H3,(H2,19,20,24)/t13-/m0/s1. The zero-order chi connectivity index (χ0) is 18.7. The van der Waals surface area contributed by atoms with Crippen LogP contribution in [0.2, 0.25) is 0 Å². The van der Waals surface area contributed by atoms with E-state index < -0.39 is 0 Å². The Morgan fingerprint density at radius 2 is 2.00 bits per heavy atom. The maximum atomic E-state index is 12.2. The Labute approximate surface area is 154 Å². The molecule has 0 aliphatic rings. The normalized spacial score (nSPS) is 12.3. The first-order valence-electron chi connectivity index (χ1n) is 8.32. The van der Waals surface area contributed by atoms with Gasteiger partial charge < -0.3 is 15.7 Å². The van der Waals surface area contributed by atoms with Gasteiger partial charge in [0.05, 0.1) is 11.0 Å². The Hall–Kier alpha value is -2.58. The van der Waals surface area contributed by atoms with Gasteiger partial charge in [-0.3, -0.25) is 9.13 Å². The van der Waals surface area contributed by atoms with E-state index in [1.807, 2.05) is 16.8 Å². The summed E-state index contributed by atoms with van der Waals surface area (Å²) in [6.45, 7) is 0.387. The number of nitrogens with zero attached hydrogens (tertiary/aromatic N) is 2. The number of imidazole rings is 1. The van der Waals surface area contributed by atoms with Crippen molar-refractivity contribution < 1.29 is 9.90 Å². The Kier molecular flexibility index (Phi) is 5.43. The maximum Gasteiger partial charge on any atom is 0.328 e. The van der Waals surface area contributed by atoms with Crippen LogP contribution < -0.4 is 16.3 Å². The van der Waals surface area contributed by atoms with E-state index in [2.05, 4.69) is 10.6 Å². The molecule has 2 heterocycles. The molecule has 0 fully saturated rings. The topological polar surface area (TPSA) is 88.3 Å². The summed E-state index contributed by atoms with van der Waals surface area (Å²) in [5, 5.41) is 19.1. The quantitative estimate of drug-likeness (QED) is 0.616. The fraction of sp³-hybridized carbons (Fsp3) is 0.333. The van der Waals surface area contributed by atoms with Gasteiger partial charge in [0, 0.05) is 38.9 Å². The van der Waals surface area contributed by atoms with E-state index >= 15 is 0 Å². The van der Waals surface area contributed by atoms with E-state index in [1.165, 1.54) is 0 Å². The molecule has 0 aliphatic carbocycles. The number of aliphatic hydroxyl groups is 1. The van der Waals surface area contributed by atoms with E-state index in [4.69, 9.17) is 0 Å². The number of fused-ring (bicyclic) bond motifs is 1. The van der Waals surface area contributed by atoms with Gasteiger partial charge in [-0.2, -0.15) is 11.3 Å². The van der Waals surface area contributed by atoms with Crippen LogP contribution in [0.25, 0.3) is 11.0 Å².